The lowest BCUT2D eigenvalue weighted by atomic mass is 10.3. The van der Waals surface area contributed by atoms with E-state index in [2.05, 4.69) is 10.2 Å². The zero-order valence-corrected chi connectivity index (χ0v) is 13.4. The van der Waals surface area contributed by atoms with Crippen molar-refractivity contribution in [3.8, 4) is 0 Å². The molecule has 1 aromatic carbocycles. The third-order valence-electron chi connectivity index (χ3n) is 3.65. The van der Waals surface area contributed by atoms with Crippen molar-refractivity contribution in [2.45, 2.75) is 6.42 Å². The van der Waals surface area contributed by atoms with E-state index in [0.29, 0.717) is 18.8 Å². The number of hydrogen-bond acceptors (Lipinski definition) is 3. The average molecular weight is 330 g/mol. The van der Waals surface area contributed by atoms with Crippen LogP contribution in [0.3, 0.4) is 0 Å². The van der Waals surface area contributed by atoms with Crippen LogP contribution in [0.1, 0.15) is 6.42 Å². The van der Waals surface area contributed by atoms with Crippen molar-refractivity contribution < 1.29 is 13.9 Å². The minimum absolute atomic E-state index is 0.000706. The fourth-order valence-corrected chi connectivity index (χ4v) is 2.56. The predicted molar refractivity (Wildman–Crippen MR) is 84.9 cm³/mol. The molecular formula is C15H21ClFN3O2. The lowest BCUT2D eigenvalue weighted by molar-refractivity contribution is 0.130. The number of nitrogens with one attached hydrogen (secondary N) is 1. The zero-order chi connectivity index (χ0) is 15.9. The van der Waals surface area contributed by atoms with Crippen molar-refractivity contribution in [2.75, 3.05) is 51.8 Å². The zero-order valence-electron chi connectivity index (χ0n) is 12.6. The normalized spacial score (nSPS) is 15.9. The highest BCUT2D eigenvalue weighted by molar-refractivity contribution is 6.31. The molecule has 1 heterocycles. The Balaban J connectivity index is 1.78. The van der Waals surface area contributed by atoms with Gasteiger partial charge in [-0.1, -0.05) is 11.6 Å². The summed E-state index contributed by atoms with van der Waals surface area (Å²) in [5, 5.41) is 2.74. The first-order chi connectivity index (χ1) is 10.6. The highest BCUT2D eigenvalue weighted by Gasteiger charge is 2.20. The van der Waals surface area contributed by atoms with Gasteiger partial charge in [-0.15, -0.1) is 0 Å². The minimum atomic E-state index is -0.496. The molecule has 5 nitrogen and oxygen atoms in total. The fourth-order valence-electron chi connectivity index (χ4n) is 2.38. The van der Waals surface area contributed by atoms with Crippen LogP contribution in [0, 0.1) is 5.82 Å². The molecule has 0 radical (unpaired) electrons. The summed E-state index contributed by atoms with van der Waals surface area (Å²) >= 11 is 5.71. The number of anilines is 1. The maximum absolute atomic E-state index is 13.1. The summed E-state index contributed by atoms with van der Waals surface area (Å²) in [7, 11) is 1.70. The van der Waals surface area contributed by atoms with Crippen LogP contribution in [-0.4, -0.2) is 62.3 Å². The molecule has 1 saturated heterocycles. The van der Waals surface area contributed by atoms with E-state index < -0.39 is 5.82 Å². The van der Waals surface area contributed by atoms with Crippen molar-refractivity contribution in [1.29, 1.82) is 0 Å². The fraction of sp³-hybridized carbons (Fsp3) is 0.533. The summed E-state index contributed by atoms with van der Waals surface area (Å²) in [6.07, 6.45) is 0.997. The number of amides is 2. The van der Waals surface area contributed by atoms with Gasteiger partial charge < -0.3 is 15.0 Å². The molecule has 1 fully saturated rings. The number of carbonyl (C=O) groups is 1. The second-order valence-electron chi connectivity index (χ2n) is 5.23. The number of nitrogens with zero attached hydrogens (tertiary/aromatic N) is 2. The molecule has 1 aromatic rings. The Morgan fingerprint density at radius 2 is 2.09 bits per heavy atom. The van der Waals surface area contributed by atoms with Gasteiger partial charge in [0.2, 0.25) is 0 Å². The molecule has 0 saturated carbocycles. The Morgan fingerprint density at radius 1 is 1.36 bits per heavy atom. The van der Waals surface area contributed by atoms with Crippen LogP contribution >= 0.6 is 11.6 Å². The highest BCUT2D eigenvalue weighted by Crippen LogP contribution is 2.19. The summed E-state index contributed by atoms with van der Waals surface area (Å²) in [6.45, 7) is 4.78. The maximum atomic E-state index is 13.1. The molecule has 0 atom stereocenters. The van der Waals surface area contributed by atoms with Gasteiger partial charge in [0.05, 0.1) is 5.02 Å². The van der Waals surface area contributed by atoms with E-state index in [1.165, 1.54) is 18.2 Å². The number of halogens is 2. The average Bonchev–Trinajstić information content (AvgIpc) is 2.52. The van der Waals surface area contributed by atoms with Gasteiger partial charge in [-0.3, -0.25) is 4.90 Å². The van der Waals surface area contributed by atoms with Gasteiger partial charge in [-0.2, -0.15) is 0 Å². The summed E-state index contributed by atoms with van der Waals surface area (Å²) in [4.78, 5) is 16.2. The third kappa shape index (κ3) is 4.83. The number of methoxy groups -OCH3 is 1. The Morgan fingerprint density at radius 3 is 2.73 bits per heavy atom. The van der Waals surface area contributed by atoms with E-state index in [4.69, 9.17) is 16.3 Å². The smallest absolute Gasteiger partial charge is 0.321 e. The molecule has 2 amide bonds. The molecule has 0 unspecified atom stereocenters. The highest BCUT2D eigenvalue weighted by atomic mass is 35.5. The number of carbonyl (C=O) groups excluding carboxylic acids is 1. The van der Waals surface area contributed by atoms with Gasteiger partial charge in [0.1, 0.15) is 5.82 Å². The Labute approximate surface area is 135 Å². The van der Waals surface area contributed by atoms with Crippen LogP contribution in [0.15, 0.2) is 18.2 Å². The summed E-state index contributed by atoms with van der Waals surface area (Å²) in [6, 6.07) is 3.97. The topological polar surface area (TPSA) is 44.8 Å². The van der Waals surface area contributed by atoms with Crippen molar-refractivity contribution in [3.05, 3.63) is 29.0 Å². The van der Waals surface area contributed by atoms with Crippen LogP contribution in [0.4, 0.5) is 14.9 Å². The molecule has 0 aromatic heterocycles. The van der Waals surface area contributed by atoms with Crippen LogP contribution in [0.2, 0.25) is 5.02 Å². The Hall–Kier alpha value is -1.37. The minimum Gasteiger partial charge on any atom is -0.385 e. The quantitative estimate of drug-likeness (QED) is 0.845. The number of urea groups is 1. The lowest BCUT2D eigenvalue weighted by Crippen LogP contribution is -2.50. The molecular weight excluding hydrogens is 309 g/mol. The van der Waals surface area contributed by atoms with E-state index in [9.17, 15) is 9.18 Å². The molecule has 1 aliphatic heterocycles. The van der Waals surface area contributed by atoms with Crippen LogP contribution in [-0.2, 0) is 4.74 Å². The third-order valence-corrected chi connectivity index (χ3v) is 3.94. The second kappa shape index (κ2) is 8.31. The largest absolute Gasteiger partial charge is 0.385 e. The molecule has 2 rings (SSSR count). The summed E-state index contributed by atoms with van der Waals surface area (Å²) in [5.41, 5.74) is 0.499. The summed E-state index contributed by atoms with van der Waals surface area (Å²) in [5.74, 6) is -0.496. The van der Waals surface area contributed by atoms with E-state index in [1.807, 2.05) is 0 Å². The standard InChI is InChI=1S/C15H21ClFN3O2/c1-22-10-2-5-19-6-8-20(9-7-19)15(21)18-12-3-4-14(17)13(16)11-12/h3-4,11H,2,5-10H2,1H3,(H,18,21). The first-order valence-corrected chi connectivity index (χ1v) is 7.70. The van der Waals surface area contributed by atoms with E-state index in [1.54, 1.807) is 12.0 Å². The van der Waals surface area contributed by atoms with Gasteiger partial charge in [0.25, 0.3) is 0 Å². The van der Waals surface area contributed by atoms with Gasteiger partial charge in [-0.25, -0.2) is 9.18 Å². The van der Waals surface area contributed by atoms with Crippen LogP contribution < -0.4 is 5.32 Å². The second-order valence-corrected chi connectivity index (χ2v) is 5.64. The molecule has 1 aliphatic rings. The van der Waals surface area contributed by atoms with E-state index in [0.717, 1.165) is 32.7 Å². The van der Waals surface area contributed by atoms with Crippen molar-refractivity contribution in [2.24, 2.45) is 0 Å². The molecule has 0 bridgehead atoms. The first kappa shape index (κ1) is 17.0. The van der Waals surface area contributed by atoms with Gasteiger partial charge in [0.15, 0.2) is 0 Å². The van der Waals surface area contributed by atoms with E-state index in [-0.39, 0.29) is 11.1 Å². The molecule has 22 heavy (non-hydrogen) atoms. The molecule has 7 heteroatoms. The number of hydrogen-bond donors (Lipinski definition) is 1. The number of rotatable bonds is 5. The molecule has 1 N–H and O–H groups in total. The first-order valence-electron chi connectivity index (χ1n) is 7.32. The van der Waals surface area contributed by atoms with Crippen LogP contribution in [0.5, 0.6) is 0 Å². The number of ether oxygens (including phenoxy) is 1. The SMILES string of the molecule is COCCCN1CCN(C(=O)Nc2ccc(F)c(Cl)c2)CC1. The van der Waals surface area contributed by atoms with Crippen molar-refractivity contribution in [1.82, 2.24) is 9.80 Å². The number of piperazine rings is 1. The molecule has 0 spiro atoms. The maximum Gasteiger partial charge on any atom is 0.321 e. The number of benzene rings is 1. The lowest BCUT2D eigenvalue weighted by Gasteiger charge is -2.34. The van der Waals surface area contributed by atoms with Crippen molar-refractivity contribution in [3.63, 3.8) is 0 Å². The molecule has 122 valence electrons. The summed E-state index contributed by atoms with van der Waals surface area (Å²) < 4.78 is 18.1. The predicted octanol–water partition coefficient (Wildman–Crippen LogP) is 2.67. The monoisotopic (exact) mass is 329 g/mol. The van der Waals surface area contributed by atoms with Gasteiger partial charge in [-0.05, 0) is 24.6 Å². The van der Waals surface area contributed by atoms with Gasteiger partial charge in [0, 0.05) is 52.1 Å². The Bertz CT molecular complexity index is 508. The van der Waals surface area contributed by atoms with Crippen LogP contribution in [0.25, 0.3) is 0 Å². The van der Waals surface area contributed by atoms with E-state index >= 15 is 0 Å². The van der Waals surface area contributed by atoms with Gasteiger partial charge >= 0.3 is 6.03 Å². The molecule has 0 aliphatic carbocycles. The Kier molecular flexibility index (Phi) is 6.42. The van der Waals surface area contributed by atoms with Crippen molar-refractivity contribution >= 4 is 23.3 Å².